The summed E-state index contributed by atoms with van der Waals surface area (Å²) in [5.74, 6) is 1.94. The van der Waals surface area contributed by atoms with E-state index in [4.69, 9.17) is 11.6 Å². The van der Waals surface area contributed by atoms with Crippen molar-refractivity contribution >= 4 is 23.6 Å². The molecule has 0 saturated carbocycles. The molecule has 0 bridgehead atoms. The lowest BCUT2D eigenvalue weighted by Crippen LogP contribution is -2.32. The van der Waals surface area contributed by atoms with Crippen LogP contribution in [0.1, 0.15) is 43.5 Å². The van der Waals surface area contributed by atoms with Crippen molar-refractivity contribution in [2.45, 2.75) is 39.3 Å². The number of hydrogen-bond acceptors (Lipinski definition) is 3. The van der Waals surface area contributed by atoms with Crippen LogP contribution in [0.5, 0.6) is 0 Å². The van der Waals surface area contributed by atoms with E-state index in [1.165, 1.54) is 6.08 Å². The third-order valence-corrected chi connectivity index (χ3v) is 4.39. The van der Waals surface area contributed by atoms with Gasteiger partial charge >= 0.3 is 0 Å². The molecule has 2 aromatic rings. The standard InChI is InChI=1S/C18H21ClN4O/c1-12(2)17(18-22-21-15-7-4-10-23(15)18)20-16(24)9-8-13-5-3-6-14(19)11-13/h3,5-6,8-9,11-12,17H,4,7,10H2,1-2H3,(H,20,24)/b9-8-/t17-/m1/s1. The summed E-state index contributed by atoms with van der Waals surface area (Å²) in [4.78, 5) is 12.3. The first-order valence-electron chi connectivity index (χ1n) is 8.20. The smallest absolute Gasteiger partial charge is 0.244 e. The molecule has 6 heteroatoms. The minimum absolute atomic E-state index is 0.149. The highest BCUT2D eigenvalue weighted by molar-refractivity contribution is 6.30. The number of carbonyl (C=O) groups is 1. The molecule has 3 rings (SSSR count). The molecule has 1 aromatic carbocycles. The van der Waals surface area contributed by atoms with Gasteiger partial charge < -0.3 is 9.88 Å². The van der Waals surface area contributed by atoms with Gasteiger partial charge in [-0.05, 0) is 36.1 Å². The van der Waals surface area contributed by atoms with Gasteiger partial charge in [-0.25, -0.2) is 0 Å². The van der Waals surface area contributed by atoms with Gasteiger partial charge in [0.1, 0.15) is 5.82 Å². The largest absolute Gasteiger partial charge is 0.342 e. The first-order valence-corrected chi connectivity index (χ1v) is 8.58. The number of amides is 1. The monoisotopic (exact) mass is 344 g/mol. The van der Waals surface area contributed by atoms with Crippen LogP contribution in [-0.2, 0) is 17.8 Å². The molecule has 1 aliphatic rings. The molecule has 0 saturated heterocycles. The zero-order valence-electron chi connectivity index (χ0n) is 13.9. The van der Waals surface area contributed by atoms with Gasteiger partial charge in [-0.2, -0.15) is 0 Å². The number of carbonyl (C=O) groups excluding carboxylic acids is 1. The Morgan fingerprint density at radius 3 is 2.96 bits per heavy atom. The fourth-order valence-electron chi connectivity index (χ4n) is 2.92. The van der Waals surface area contributed by atoms with Gasteiger partial charge in [-0.3, -0.25) is 4.79 Å². The number of halogens is 1. The van der Waals surface area contributed by atoms with Crippen LogP contribution in [0, 0.1) is 5.92 Å². The third kappa shape index (κ3) is 3.67. The number of benzene rings is 1. The lowest BCUT2D eigenvalue weighted by atomic mass is 10.0. The first-order chi connectivity index (χ1) is 11.5. The Morgan fingerprint density at radius 2 is 2.21 bits per heavy atom. The molecule has 5 nitrogen and oxygen atoms in total. The van der Waals surface area contributed by atoms with Crippen molar-refractivity contribution in [3.8, 4) is 0 Å². The van der Waals surface area contributed by atoms with Crippen LogP contribution < -0.4 is 5.32 Å². The van der Waals surface area contributed by atoms with Gasteiger partial charge in [0.2, 0.25) is 5.91 Å². The fourth-order valence-corrected chi connectivity index (χ4v) is 3.11. The average Bonchev–Trinajstić information content (AvgIpc) is 3.14. The van der Waals surface area contributed by atoms with Crippen LogP contribution in [0.3, 0.4) is 0 Å². The van der Waals surface area contributed by atoms with E-state index >= 15 is 0 Å². The number of hydrogen-bond donors (Lipinski definition) is 1. The number of nitrogens with zero attached hydrogens (tertiary/aromatic N) is 3. The van der Waals surface area contributed by atoms with Crippen molar-refractivity contribution in [2.75, 3.05) is 0 Å². The van der Waals surface area contributed by atoms with E-state index in [0.29, 0.717) is 5.02 Å². The summed E-state index contributed by atoms with van der Waals surface area (Å²) in [5, 5.41) is 12.2. The maximum absolute atomic E-state index is 12.3. The van der Waals surface area contributed by atoms with E-state index in [1.54, 1.807) is 12.1 Å². The van der Waals surface area contributed by atoms with Gasteiger partial charge in [-0.15, -0.1) is 10.2 Å². The highest BCUT2D eigenvalue weighted by Gasteiger charge is 2.27. The third-order valence-electron chi connectivity index (χ3n) is 4.16. The van der Waals surface area contributed by atoms with Crippen LogP contribution in [0.15, 0.2) is 30.3 Å². The highest BCUT2D eigenvalue weighted by Crippen LogP contribution is 2.24. The van der Waals surface area contributed by atoms with E-state index in [0.717, 1.165) is 36.6 Å². The molecule has 2 heterocycles. The zero-order chi connectivity index (χ0) is 17.1. The second kappa shape index (κ2) is 7.18. The van der Waals surface area contributed by atoms with E-state index < -0.39 is 0 Å². The fraction of sp³-hybridized carbons (Fsp3) is 0.389. The molecule has 0 aliphatic carbocycles. The van der Waals surface area contributed by atoms with Gasteiger partial charge in [0.25, 0.3) is 0 Å². The molecule has 1 atom stereocenters. The summed E-state index contributed by atoms with van der Waals surface area (Å²) in [6.45, 7) is 5.07. The molecule has 126 valence electrons. The SMILES string of the molecule is CC(C)[C@@H](NC(=O)/C=C\c1cccc(Cl)c1)c1nnc2n1CCC2. The first kappa shape index (κ1) is 16.7. The topological polar surface area (TPSA) is 59.8 Å². The maximum Gasteiger partial charge on any atom is 0.244 e. The van der Waals surface area contributed by atoms with Crippen molar-refractivity contribution in [3.05, 3.63) is 52.6 Å². The molecule has 1 aliphatic heterocycles. The summed E-state index contributed by atoms with van der Waals surface area (Å²) in [5.41, 5.74) is 0.891. The van der Waals surface area contributed by atoms with Crippen molar-refractivity contribution in [2.24, 2.45) is 5.92 Å². The Labute approximate surface area is 146 Å². The second-order valence-electron chi connectivity index (χ2n) is 6.35. The zero-order valence-corrected chi connectivity index (χ0v) is 14.6. The predicted molar refractivity (Wildman–Crippen MR) is 94.6 cm³/mol. The highest BCUT2D eigenvalue weighted by atomic mass is 35.5. The molecule has 1 N–H and O–H groups in total. The Kier molecular flexibility index (Phi) is 5.00. The van der Waals surface area contributed by atoms with Crippen molar-refractivity contribution < 1.29 is 4.79 Å². The number of nitrogens with one attached hydrogen (secondary N) is 1. The van der Waals surface area contributed by atoms with Crippen molar-refractivity contribution in [1.29, 1.82) is 0 Å². The van der Waals surface area contributed by atoms with E-state index in [9.17, 15) is 4.79 Å². The van der Waals surface area contributed by atoms with Crippen LogP contribution in [0.25, 0.3) is 6.08 Å². The Hall–Kier alpha value is -2.14. The summed E-state index contributed by atoms with van der Waals surface area (Å²) >= 11 is 5.96. The lowest BCUT2D eigenvalue weighted by Gasteiger charge is -2.21. The average molecular weight is 345 g/mol. The lowest BCUT2D eigenvalue weighted by molar-refractivity contribution is -0.117. The predicted octanol–water partition coefficient (Wildman–Crippen LogP) is 3.40. The molecule has 0 fully saturated rings. The van der Waals surface area contributed by atoms with Crippen LogP contribution in [-0.4, -0.2) is 20.7 Å². The number of fused-ring (bicyclic) bond motifs is 1. The molecule has 0 radical (unpaired) electrons. The maximum atomic E-state index is 12.3. The number of aryl methyl sites for hydroxylation is 1. The second-order valence-corrected chi connectivity index (χ2v) is 6.78. The van der Waals surface area contributed by atoms with E-state index in [1.807, 2.05) is 18.2 Å². The summed E-state index contributed by atoms with van der Waals surface area (Å²) in [6.07, 6.45) is 5.33. The summed E-state index contributed by atoms with van der Waals surface area (Å²) < 4.78 is 2.13. The number of rotatable bonds is 5. The molecule has 1 amide bonds. The normalized spacial score (nSPS) is 15.0. The molecular weight excluding hydrogens is 324 g/mol. The van der Waals surface area contributed by atoms with Gasteiger partial charge in [-0.1, -0.05) is 37.6 Å². The Morgan fingerprint density at radius 1 is 1.38 bits per heavy atom. The molecule has 1 aromatic heterocycles. The Balaban J connectivity index is 1.72. The summed E-state index contributed by atoms with van der Waals surface area (Å²) in [6, 6.07) is 7.23. The van der Waals surface area contributed by atoms with E-state index in [2.05, 4.69) is 33.9 Å². The molecule has 0 unspecified atom stereocenters. The van der Waals surface area contributed by atoms with E-state index in [-0.39, 0.29) is 17.9 Å². The number of aromatic nitrogens is 3. The molecule has 0 spiro atoms. The van der Waals surface area contributed by atoms with Crippen LogP contribution in [0.4, 0.5) is 0 Å². The van der Waals surface area contributed by atoms with Gasteiger partial charge in [0.15, 0.2) is 5.82 Å². The van der Waals surface area contributed by atoms with Crippen molar-refractivity contribution in [3.63, 3.8) is 0 Å². The molecule has 24 heavy (non-hydrogen) atoms. The molecular formula is C18H21ClN4O. The quantitative estimate of drug-likeness (QED) is 0.845. The Bertz CT molecular complexity index is 766. The van der Waals surface area contributed by atoms with Gasteiger partial charge in [0, 0.05) is 24.1 Å². The van der Waals surface area contributed by atoms with Crippen molar-refractivity contribution in [1.82, 2.24) is 20.1 Å². The minimum atomic E-state index is -0.152. The summed E-state index contributed by atoms with van der Waals surface area (Å²) in [7, 11) is 0. The minimum Gasteiger partial charge on any atom is -0.342 e. The van der Waals surface area contributed by atoms with Crippen LogP contribution in [0.2, 0.25) is 5.02 Å². The van der Waals surface area contributed by atoms with Crippen LogP contribution >= 0.6 is 11.6 Å². The van der Waals surface area contributed by atoms with Gasteiger partial charge in [0.05, 0.1) is 6.04 Å².